The van der Waals surface area contributed by atoms with Crippen LogP contribution in [-0.4, -0.2) is 24.0 Å². The number of halogens is 1. The van der Waals surface area contributed by atoms with Crippen molar-refractivity contribution in [2.24, 2.45) is 0 Å². The maximum Gasteiger partial charge on any atom is 0.321 e. The third-order valence-corrected chi connectivity index (χ3v) is 3.11. The van der Waals surface area contributed by atoms with E-state index < -0.39 is 0 Å². The summed E-state index contributed by atoms with van der Waals surface area (Å²) in [5.74, 6) is 0. The van der Waals surface area contributed by atoms with Crippen LogP contribution in [0.25, 0.3) is 6.08 Å². The lowest BCUT2D eigenvalue weighted by atomic mass is 10.2. The van der Waals surface area contributed by atoms with Gasteiger partial charge in [-0.15, -0.1) is 0 Å². The number of carbonyl (C=O) groups excluding carboxylic acids is 1. The molecule has 1 aromatic rings. The number of urea groups is 1. The Balaban J connectivity index is 1.89. The summed E-state index contributed by atoms with van der Waals surface area (Å²) in [5.41, 5.74) is 0.899. The molecule has 1 aliphatic rings. The lowest BCUT2D eigenvalue weighted by molar-refractivity contribution is 0.212. The van der Waals surface area contributed by atoms with Gasteiger partial charge in [0.25, 0.3) is 0 Å². The van der Waals surface area contributed by atoms with Gasteiger partial charge in [-0.25, -0.2) is 4.79 Å². The van der Waals surface area contributed by atoms with Gasteiger partial charge < -0.3 is 10.2 Å². The third kappa shape index (κ3) is 3.24. The van der Waals surface area contributed by atoms with E-state index in [9.17, 15) is 4.79 Å². The highest BCUT2D eigenvalue weighted by molar-refractivity contribution is 6.32. The minimum Gasteiger partial charge on any atom is -0.325 e. The molecule has 1 heterocycles. The molecule has 1 N–H and O–H groups in total. The summed E-state index contributed by atoms with van der Waals surface area (Å²) in [6.07, 6.45) is 5.64. The van der Waals surface area contributed by atoms with Crippen molar-refractivity contribution < 1.29 is 4.79 Å². The number of likely N-dealkylation sites (tertiary alicyclic amines) is 1. The number of benzene rings is 1. The van der Waals surface area contributed by atoms with Crippen LogP contribution in [0.4, 0.5) is 4.79 Å². The number of nitrogens with zero attached hydrogens (tertiary/aromatic N) is 1. The number of nitrogens with one attached hydrogen (secondary N) is 1. The highest BCUT2D eigenvalue weighted by atomic mass is 35.5. The van der Waals surface area contributed by atoms with Crippen LogP contribution < -0.4 is 5.32 Å². The van der Waals surface area contributed by atoms with Crippen molar-refractivity contribution in [2.45, 2.75) is 12.8 Å². The van der Waals surface area contributed by atoms with Gasteiger partial charge in [0.2, 0.25) is 0 Å². The second-order valence-corrected chi connectivity index (χ2v) is 4.41. The first-order chi connectivity index (χ1) is 8.27. The number of carbonyl (C=O) groups is 1. The molecule has 0 bridgehead atoms. The second kappa shape index (κ2) is 5.73. The Kier molecular flexibility index (Phi) is 4.04. The third-order valence-electron chi connectivity index (χ3n) is 2.77. The van der Waals surface area contributed by atoms with E-state index in [4.69, 9.17) is 11.6 Å². The molecule has 2 rings (SSSR count). The van der Waals surface area contributed by atoms with E-state index in [0.29, 0.717) is 5.02 Å². The van der Waals surface area contributed by atoms with Gasteiger partial charge in [0.15, 0.2) is 0 Å². The molecule has 90 valence electrons. The van der Waals surface area contributed by atoms with Gasteiger partial charge in [-0.2, -0.15) is 0 Å². The van der Waals surface area contributed by atoms with Crippen molar-refractivity contribution in [3.05, 3.63) is 41.1 Å². The fraction of sp³-hybridized carbons (Fsp3) is 0.308. The maximum absolute atomic E-state index is 11.7. The first-order valence-corrected chi connectivity index (χ1v) is 6.12. The summed E-state index contributed by atoms with van der Waals surface area (Å²) in [6.45, 7) is 1.71. The van der Waals surface area contributed by atoms with E-state index in [1.165, 1.54) is 0 Å². The van der Waals surface area contributed by atoms with E-state index in [2.05, 4.69) is 5.32 Å². The predicted octanol–water partition coefficient (Wildman–Crippen LogP) is 3.12. The molecule has 0 atom stereocenters. The Morgan fingerprint density at radius 2 is 2.00 bits per heavy atom. The van der Waals surface area contributed by atoms with Crippen molar-refractivity contribution in [1.82, 2.24) is 10.2 Å². The summed E-state index contributed by atoms with van der Waals surface area (Å²) >= 11 is 5.99. The second-order valence-electron chi connectivity index (χ2n) is 4.00. The molecule has 0 saturated carbocycles. The average molecular weight is 251 g/mol. The molecule has 0 aliphatic carbocycles. The van der Waals surface area contributed by atoms with Crippen LogP contribution in [0.15, 0.2) is 30.5 Å². The molecule has 17 heavy (non-hydrogen) atoms. The van der Waals surface area contributed by atoms with Crippen molar-refractivity contribution in [1.29, 1.82) is 0 Å². The highest BCUT2D eigenvalue weighted by Gasteiger charge is 2.16. The number of hydrogen-bond acceptors (Lipinski definition) is 1. The summed E-state index contributed by atoms with van der Waals surface area (Å²) in [4.78, 5) is 13.5. The molecular formula is C13H15ClN2O. The van der Waals surface area contributed by atoms with E-state index in [-0.39, 0.29) is 6.03 Å². The fourth-order valence-corrected chi connectivity index (χ4v) is 2.02. The van der Waals surface area contributed by atoms with Gasteiger partial charge in [0.1, 0.15) is 0 Å². The zero-order chi connectivity index (χ0) is 12.1. The predicted molar refractivity (Wildman–Crippen MR) is 69.8 cm³/mol. The number of rotatable bonds is 2. The van der Waals surface area contributed by atoms with Gasteiger partial charge in [-0.1, -0.05) is 29.8 Å². The van der Waals surface area contributed by atoms with Crippen molar-refractivity contribution in [2.75, 3.05) is 13.1 Å². The Morgan fingerprint density at radius 3 is 2.71 bits per heavy atom. The van der Waals surface area contributed by atoms with Crippen LogP contribution >= 0.6 is 11.6 Å². The lowest BCUT2D eigenvalue weighted by Crippen LogP contribution is -2.34. The largest absolute Gasteiger partial charge is 0.325 e. The Hall–Kier alpha value is -1.48. The van der Waals surface area contributed by atoms with Crippen LogP contribution in [-0.2, 0) is 0 Å². The molecule has 2 amide bonds. The SMILES string of the molecule is O=C(N/C=C/c1ccccc1Cl)N1CCCC1. The van der Waals surface area contributed by atoms with Crippen molar-refractivity contribution in [3.63, 3.8) is 0 Å². The molecule has 1 aliphatic heterocycles. The van der Waals surface area contributed by atoms with Gasteiger partial charge in [-0.3, -0.25) is 0 Å². The molecule has 0 spiro atoms. The summed E-state index contributed by atoms with van der Waals surface area (Å²) in [7, 11) is 0. The van der Waals surface area contributed by atoms with Gasteiger partial charge in [0, 0.05) is 24.3 Å². The van der Waals surface area contributed by atoms with E-state index >= 15 is 0 Å². The van der Waals surface area contributed by atoms with Gasteiger partial charge in [-0.05, 0) is 30.5 Å². The minimum atomic E-state index is -0.0363. The molecule has 1 aromatic carbocycles. The quantitative estimate of drug-likeness (QED) is 0.860. The van der Waals surface area contributed by atoms with Crippen LogP contribution in [0.5, 0.6) is 0 Å². The summed E-state index contributed by atoms with van der Waals surface area (Å²) in [5, 5.41) is 3.43. The monoisotopic (exact) mass is 250 g/mol. The molecule has 1 saturated heterocycles. The van der Waals surface area contributed by atoms with Crippen molar-refractivity contribution >= 4 is 23.7 Å². The molecule has 0 unspecified atom stereocenters. The van der Waals surface area contributed by atoms with E-state index in [1.807, 2.05) is 29.2 Å². The minimum absolute atomic E-state index is 0.0363. The molecule has 0 radical (unpaired) electrons. The van der Waals surface area contributed by atoms with Crippen molar-refractivity contribution in [3.8, 4) is 0 Å². The molecule has 4 heteroatoms. The van der Waals surface area contributed by atoms with Gasteiger partial charge in [0.05, 0.1) is 0 Å². The standard InChI is InChI=1S/C13H15ClN2O/c14-12-6-2-1-5-11(12)7-8-15-13(17)16-9-3-4-10-16/h1-2,5-8H,3-4,9-10H2,(H,15,17)/b8-7+. The van der Waals surface area contributed by atoms with Crippen LogP contribution in [0.3, 0.4) is 0 Å². The summed E-state index contributed by atoms with van der Waals surface area (Å²) in [6, 6.07) is 7.48. The fourth-order valence-electron chi connectivity index (χ4n) is 1.82. The Bertz CT molecular complexity index is 425. The molecule has 0 aromatic heterocycles. The molecule has 3 nitrogen and oxygen atoms in total. The van der Waals surface area contributed by atoms with Crippen LogP contribution in [0.1, 0.15) is 18.4 Å². The normalized spacial score (nSPS) is 15.5. The number of hydrogen-bond donors (Lipinski definition) is 1. The maximum atomic E-state index is 11.7. The Labute approximate surface area is 106 Å². The molecular weight excluding hydrogens is 236 g/mol. The zero-order valence-corrected chi connectivity index (χ0v) is 10.3. The van der Waals surface area contributed by atoms with E-state index in [0.717, 1.165) is 31.5 Å². The Morgan fingerprint density at radius 1 is 1.29 bits per heavy atom. The van der Waals surface area contributed by atoms with Crippen LogP contribution in [0, 0.1) is 0 Å². The summed E-state index contributed by atoms with van der Waals surface area (Å²) < 4.78 is 0. The molecule has 1 fully saturated rings. The topological polar surface area (TPSA) is 32.3 Å². The van der Waals surface area contributed by atoms with E-state index in [1.54, 1.807) is 12.3 Å². The zero-order valence-electron chi connectivity index (χ0n) is 9.53. The first-order valence-electron chi connectivity index (χ1n) is 5.74. The highest BCUT2D eigenvalue weighted by Crippen LogP contribution is 2.15. The van der Waals surface area contributed by atoms with Gasteiger partial charge >= 0.3 is 6.03 Å². The lowest BCUT2D eigenvalue weighted by Gasteiger charge is -2.13. The number of amides is 2. The smallest absolute Gasteiger partial charge is 0.321 e. The first kappa shape index (κ1) is 12.0. The van der Waals surface area contributed by atoms with Crippen LogP contribution in [0.2, 0.25) is 5.02 Å². The average Bonchev–Trinajstić information content (AvgIpc) is 2.85.